The molecule has 1 amide bonds. The molecule has 1 aromatic heterocycles. The van der Waals surface area contributed by atoms with E-state index >= 15 is 0 Å². The van der Waals surface area contributed by atoms with E-state index in [1.165, 1.54) is 23.2 Å². The standard InChI is InChI=1S/C21H20N2O3S/c1-14-8-9-18-19(15(14)2)22-21(27-18)23(12-16-6-4-3-5-7-16)20(24)17-13-25-10-11-26-17/h3-9,13H,10-12H2,1-2H3. The molecule has 0 atom stereocenters. The Hall–Kier alpha value is -2.86. The molecule has 0 saturated carbocycles. The van der Waals surface area contributed by atoms with Crippen LogP contribution in [0.4, 0.5) is 5.13 Å². The van der Waals surface area contributed by atoms with Gasteiger partial charge in [0.1, 0.15) is 19.5 Å². The number of nitrogens with zero attached hydrogens (tertiary/aromatic N) is 2. The summed E-state index contributed by atoms with van der Waals surface area (Å²) in [7, 11) is 0. The maximum Gasteiger partial charge on any atom is 0.298 e. The van der Waals surface area contributed by atoms with Crippen LogP contribution in [0.15, 0.2) is 54.5 Å². The Morgan fingerprint density at radius 3 is 2.70 bits per heavy atom. The van der Waals surface area contributed by atoms with Crippen LogP contribution < -0.4 is 4.90 Å². The van der Waals surface area contributed by atoms with Crippen LogP contribution >= 0.6 is 11.3 Å². The minimum absolute atomic E-state index is 0.212. The molecule has 2 heterocycles. The molecular formula is C21H20N2O3S. The van der Waals surface area contributed by atoms with Gasteiger partial charge in [-0.05, 0) is 36.6 Å². The first kappa shape index (κ1) is 17.5. The van der Waals surface area contributed by atoms with Crippen molar-refractivity contribution in [3.8, 4) is 0 Å². The third kappa shape index (κ3) is 3.53. The molecule has 0 saturated heterocycles. The van der Waals surface area contributed by atoms with Crippen LogP contribution in [0.2, 0.25) is 0 Å². The van der Waals surface area contributed by atoms with E-state index in [1.54, 1.807) is 4.90 Å². The molecule has 2 aromatic carbocycles. The Bertz CT molecular complexity index is 1010. The second-order valence-electron chi connectivity index (χ2n) is 6.43. The summed E-state index contributed by atoms with van der Waals surface area (Å²) in [6, 6.07) is 14.0. The molecular weight excluding hydrogens is 360 g/mol. The van der Waals surface area contributed by atoms with Crippen LogP contribution in [-0.2, 0) is 20.8 Å². The average molecular weight is 380 g/mol. The molecule has 138 valence electrons. The largest absolute Gasteiger partial charge is 0.494 e. The molecule has 1 aliphatic heterocycles. The molecule has 27 heavy (non-hydrogen) atoms. The van der Waals surface area contributed by atoms with E-state index in [2.05, 4.69) is 26.0 Å². The smallest absolute Gasteiger partial charge is 0.298 e. The summed E-state index contributed by atoms with van der Waals surface area (Å²) >= 11 is 1.51. The molecule has 0 N–H and O–H groups in total. The van der Waals surface area contributed by atoms with E-state index < -0.39 is 0 Å². The Balaban J connectivity index is 1.76. The third-order valence-electron chi connectivity index (χ3n) is 4.59. The molecule has 0 aliphatic carbocycles. The van der Waals surface area contributed by atoms with Crippen molar-refractivity contribution in [2.45, 2.75) is 20.4 Å². The van der Waals surface area contributed by atoms with E-state index in [-0.39, 0.29) is 11.7 Å². The second kappa shape index (κ2) is 7.40. The lowest BCUT2D eigenvalue weighted by Crippen LogP contribution is -2.33. The van der Waals surface area contributed by atoms with Gasteiger partial charge in [-0.1, -0.05) is 47.7 Å². The minimum Gasteiger partial charge on any atom is -0.494 e. The van der Waals surface area contributed by atoms with Gasteiger partial charge in [-0.3, -0.25) is 9.69 Å². The van der Waals surface area contributed by atoms with Crippen molar-refractivity contribution in [2.75, 3.05) is 18.1 Å². The fourth-order valence-electron chi connectivity index (χ4n) is 2.94. The van der Waals surface area contributed by atoms with Gasteiger partial charge in [-0.2, -0.15) is 0 Å². The highest BCUT2D eigenvalue weighted by molar-refractivity contribution is 7.22. The van der Waals surface area contributed by atoms with E-state index in [4.69, 9.17) is 14.5 Å². The monoisotopic (exact) mass is 380 g/mol. The van der Waals surface area contributed by atoms with E-state index in [0.29, 0.717) is 24.9 Å². The molecule has 0 unspecified atom stereocenters. The first-order valence-electron chi connectivity index (χ1n) is 8.80. The van der Waals surface area contributed by atoms with Crippen LogP contribution in [0.5, 0.6) is 0 Å². The number of aromatic nitrogens is 1. The summed E-state index contributed by atoms with van der Waals surface area (Å²) in [5.74, 6) is -0.0312. The van der Waals surface area contributed by atoms with Gasteiger partial charge in [0.05, 0.1) is 16.8 Å². The Morgan fingerprint density at radius 1 is 1.15 bits per heavy atom. The maximum absolute atomic E-state index is 13.2. The predicted octanol–water partition coefficient (Wildman–Crippen LogP) is 4.33. The summed E-state index contributed by atoms with van der Waals surface area (Å²) in [4.78, 5) is 19.6. The second-order valence-corrected chi connectivity index (χ2v) is 7.44. The van der Waals surface area contributed by atoms with Crippen molar-refractivity contribution in [3.05, 3.63) is 71.2 Å². The normalized spacial score (nSPS) is 13.6. The molecule has 4 rings (SSSR count). The molecule has 0 spiro atoms. The summed E-state index contributed by atoms with van der Waals surface area (Å²) in [5.41, 5.74) is 4.29. The number of rotatable bonds is 4. The molecule has 3 aromatic rings. The summed E-state index contributed by atoms with van der Waals surface area (Å²) in [6.07, 6.45) is 1.40. The molecule has 1 aliphatic rings. The Labute approximate surface area is 161 Å². The van der Waals surface area contributed by atoms with Gasteiger partial charge < -0.3 is 9.47 Å². The van der Waals surface area contributed by atoms with Crippen LogP contribution in [0, 0.1) is 13.8 Å². The molecule has 0 fully saturated rings. The van der Waals surface area contributed by atoms with Crippen molar-refractivity contribution in [1.82, 2.24) is 4.98 Å². The van der Waals surface area contributed by atoms with Crippen LogP contribution in [0.1, 0.15) is 16.7 Å². The predicted molar refractivity (Wildman–Crippen MR) is 107 cm³/mol. The van der Waals surface area contributed by atoms with Crippen LogP contribution in [0.25, 0.3) is 10.2 Å². The lowest BCUT2D eigenvalue weighted by atomic mass is 10.1. The van der Waals surface area contributed by atoms with Crippen molar-refractivity contribution >= 4 is 32.6 Å². The van der Waals surface area contributed by atoms with Crippen LogP contribution in [-0.4, -0.2) is 24.1 Å². The lowest BCUT2D eigenvalue weighted by molar-refractivity contribution is -0.119. The average Bonchev–Trinajstić information content (AvgIpc) is 3.15. The molecule has 5 nitrogen and oxygen atoms in total. The first-order valence-corrected chi connectivity index (χ1v) is 9.62. The molecule has 0 bridgehead atoms. The maximum atomic E-state index is 13.2. The lowest BCUT2D eigenvalue weighted by Gasteiger charge is -2.23. The first-order chi connectivity index (χ1) is 13.1. The number of carbonyl (C=O) groups excluding carboxylic acids is 1. The summed E-state index contributed by atoms with van der Waals surface area (Å²) in [6.45, 7) is 5.37. The van der Waals surface area contributed by atoms with Crippen molar-refractivity contribution in [2.24, 2.45) is 0 Å². The van der Waals surface area contributed by atoms with E-state index in [9.17, 15) is 4.79 Å². The fourth-order valence-corrected chi connectivity index (χ4v) is 3.96. The molecule has 6 heteroatoms. The number of ether oxygens (including phenoxy) is 2. The summed E-state index contributed by atoms with van der Waals surface area (Å²) in [5, 5.41) is 0.655. The van der Waals surface area contributed by atoms with Crippen molar-refractivity contribution < 1.29 is 14.3 Å². The van der Waals surface area contributed by atoms with Gasteiger partial charge in [-0.15, -0.1) is 0 Å². The fraction of sp³-hybridized carbons (Fsp3) is 0.238. The van der Waals surface area contributed by atoms with Gasteiger partial charge in [-0.25, -0.2) is 4.98 Å². The third-order valence-corrected chi connectivity index (χ3v) is 5.64. The Kier molecular flexibility index (Phi) is 4.81. The van der Waals surface area contributed by atoms with Gasteiger partial charge in [0.2, 0.25) is 5.76 Å². The van der Waals surface area contributed by atoms with Gasteiger partial charge in [0.25, 0.3) is 5.91 Å². The number of benzene rings is 2. The number of hydrogen-bond donors (Lipinski definition) is 0. The number of carbonyl (C=O) groups is 1. The SMILES string of the molecule is Cc1ccc2sc(N(Cc3ccccc3)C(=O)C3=COCCO3)nc2c1C. The van der Waals surface area contributed by atoms with Crippen LogP contribution in [0.3, 0.4) is 0 Å². The quantitative estimate of drug-likeness (QED) is 0.676. The van der Waals surface area contributed by atoms with E-state index in [0.717, 1.165) is 21.3 Å². The zero-order valence-electron chi connectivity index (χ0n) is 15.3. The van der Waals surface area contributed by atoms with Gasteiger partial charge in [0, 0.05) is 0 Å². The topological polar surface area (TPSA) is 51.7 Å². The number of thiazole rings is 1. The number of fused-ring (bicyclic) bond motifs is 1. The highest BCUT2D eigenvalue weighted by atomic mass is 32.1. The number of amides is 1. The minimum atomic E-state index is -0.244. The summed E-state index contributed by atoms with van der Waals surface area (Å²) < 4.78 is 11.9. The zero-order valence-corrected chi connectivity index (χ0v) is 16.1. The molecule has 0 radical (unpaired) electrons. The highest BCUT2D eigenvalue weighted by Gasteiger charge is 2.26. The highest BCUT2D eigenvalue weighted by Crippen LogP contribution is 2.33. The van der Waals surface area contributed by atoms with E-state index in [1.807, 2.05) is 30.3 Å². The van der Waals surface area contributed by atoms with Gasteiger partial charge >= 0.3 is 0 Å². The number of hydrogen-bond acceptors (Lipinski definition) is 5. The number of aryl methyl sites for hydroxylation is 2. The van der Waals surface area contributed by atoms with Crippen molar-refractivity contribution in [1.29, 1.82) is 0 Å². The number of anilines is 1. The zero-order chi connectivity index (χ0) is 18.8. The van der Waals surface area contributed by atoms with Gasteiger partial charge in [0.15, 0.2) is 5.13 Å². The van der Waals surface area contributed by atoms with Crippen molar-refractivity contribution in [3.63, 3.8) is 0 Å². The Morgan fingerprint density at radius 2 is 1.96 bits per heavy atom.